The van der Waals surface area contributed by atoms with E-state index in [1.807, 2.05) is 19.1 Å². The van der Waals surface area contributed by atoms with Crippen molar-refractivity contribution in [3.8, 4) is 11.3 Å². The number of benzene rings is 2. The molecule has 27 heavy (non-hydrogen) atoms. The fourth-order valence-electron chi connectivity index (χ4n) is 2.44. The summed E-state index contributed by atoms with van der Waals surface area (Å²) in [6.07, 6.45) is 0. The molecule has 0 saturated carbocycles. The fraction of sp³-hybridized carbons (Fsp3) is 0.100. The van der Waals surface area contributed by atoms with Crippen LogP contribution in [0.5, 0.6) is 0 Å². The molecule has 2 aromatic carbocycles. The molecule has 0 radical (unpaired) electrons. The van der Waals surface area contributed by atoms with Crippen LogP contribution in [0.25, 0.3) is 11.3 Å². The molecule has 3 aromatic rings. The van der Waals surface area contributed by atoms with Gasteiger partial charge >= 0.3 is 0 Å². The number of hydrogen-bond acceptors (Lipinski definition) is 4. The molecule has 5 nitrogen and oxygen atoms in total. The van der Waals surface area contributed by atoms with Crippen LogP contribution in [0.3, 0.4) is 0 Å². The molecule has 0 aliphatic carbocycles. The van der Waals surface area contributed by atoms with Crippen LogP contribution in [0, 0.1) is 6.92 Å². The molecule has 3 rings (SSSR count). The van der Waals surface area contributed by atoms with Crippen molar-refractivity contribution in [3.63, 3.8) is 0 Å². The van der Waals surface area contributed by atoms with Crippen molar-refractivity contribution in [2.45, 2.75) is 13.5 Å². The Balaban J connectivity index is 1.66. The third kappa shape index (κ3) is 4.74. The van der Waals surface area contributed by atoms with Gasteiger partial charge in [0.15, 0.2) is 5.11 Å². The normalized spacial score (nSPS) is 10.5. The van der Waals surface area contributed by atoms with E-state index < -0.39 is 0 Å². The third-order valence-electron chi connectivity index (χ3n) is 3.85. The molecular formula is C20H17ClN2O3S. The zero-order valence-corrected chi connectivity index (χ0v) is 16.0. The lowest BCUT2D eigenvalue weighted by molar-refractivity contribution is 0.0977. The van der Waals surface area contributed by atoms with Gasteiger partial charge in [-0.05, 0) is 61.6 Å². The number of carbonyl (C=O) groups is 1. The lowest BCUT2D eigenvalue weighted by Gasteiger charge is -2.11. The number of carbonyl (C=O) groups excluding carboxylic acids is 1. The highest BCUT2D eigenvalue weighted by molar-refractivity contribution is 7.80. The Kier molecular flexibility index (Phi) is 5.91. The summed E-state index contributed by atoms with van der Waals surface area (Å²) in [5.74, 6) is 0.733. The molecule has 3 N–H and O–H groups in total. The first-order valence-corrected chi connectivity index (χ1v) is 8.93. The van der Waals surface area contributed by atoms with Crippen molar-refractivity contribution in [2.75, 3.05) is 5.32 Å². The molecule has 7 heteroatoms. The maximum atomic E-state index is 12.2. The first-order valence-electron chi connectivity index (χ1n) is 8.15. The SMILES string of the molecule is Cc1ccc(C(=O)NC(=S)Nc2ccc(-c3ccc(CO)o3)c(Cl)c2)cc1. The highest BCUT2D eigenvalue weighted by atomic mass is 35.5. The Bertz CT molecular complexity index is 983. The smallest absolute Gasteiger partial charge is 0.257 e. The molecular weight excluding hydrogens is 384 g/mol. The molecule has 138 valence electrons. The van der Waals surface area contributed by atoms with Crippen molar-refractivity contribution in [1.29, 1.82) is 0 Å². The van der Waals surface area contributed by atoms with Gasteiger partial charge in [-0.2, -0.15) is 0 Å². The van der Waals surface area contributed by atoms with E-state index in [0.717, 1.165) is 5.56 Å². The Morgan fingerprint density at radius 3 is 2.52 bits per heavy atom. The summed E-state index contributed by atoms with van der Waals surface area (Å²) in [5, 5.41) is 15.3. The number of rotatable bonds is 4. The minimum atomic E-state index is -0.290. The predicted octanol–water partition coefficient (Wildman–Crippen LogP) is 4.53. The lowest BCUT2D eigenvalue weighted by atomic mass is 10.1. The van der Waals surface area contributed by atoms with Crippen molar-refractivity contribution >= 4 is 40.5 Å². The summed E-state index contributed by atoms with van der Waals surface area (Å²) in [6.45, 7) is 1.78. The van der Waals surface area contributed by atoms with Crippen LogP contribution in [0.1, 0.15) is 21.7 Å². The average molecular weight is 401 g/mol. The van der Waals surface area contributed by atoms with Gasteiger partial charge < -0.3 is 14.8 Å². The molecule has 0 aliphatic heterocycles. The number of hydrogen-bond donors (Lipinski definition) is 3. The van der Waals surface area contributed by atoms with E-state index in [-0.39, 0.29) is 17.6 Å². The van der Waals surface area contributed by atoms with Crippen molar-refractivity contribution in [2.24, 2.45) is 0 Å². The Morgan fingerprint density at radius 2 is 1.89 bits per heavy atom. The number of anilines is 1. The molecule has 0 aliphatic rings. The van der Waals surface area contributed by atoms with Crippen LogP contribution >= 0.6 is 23.8 Å². The van der Waals surface area contributed by atoms with Crippen LogP contribution < -0.4 is 10.6 Å². The molecule has 0 spiro atoms. The molecule has 1 heterocycles. The van der Waals surface area contributed by atoms with Gasteiger partial charge in [0.05, 0.1) is 5.02 Å². The minimum absolute atomic E-state index is 0.171. The maximum absolute atomic E-state index is 12.2. The number of aryl methyl sites for hydroxylation is 1. The Morgan fingerprint density at radius 1 is 1.15 bits per heavy atom. The van der Waals surface area contributed by atoms with Gasteiger partial charge in [-0.3, -0.25) is 10.1 Å². The molecule has 1 aromatic heterocycles. The summed E-state index contributed by atoms with van der Waals surface area (Å²) in [6, 6.07) is 15.9. The predicted molar refractivity (Wildman–Crippen MR) is 110 cm³/mol. The number of halogens is 1. The van der Waals surface area contributed by atoms with E-state index in [4.69, 9.17) is 33.3 Å². The van der Waals surface area contributed by atoms with Crippen LogP contribution in [-0.2, 0) is 6.61 Å². The second-order valence-corrected chi connectivity index (χ2v) is 6.71. The van der Waals surface area contributed by atoms with E-state index in [1.54, 1.807) is 42.5 Å². The summed E-state index contributed by atoms with van der Waals surface area (Å²) in [7, 11) is 0. The first kappa shape index (κ1) is 19.1. The quantitative estimate of drug-likeness (QED) is 0.561. The Hall–Kier alpha value is -2.67. The van der Waals surface area contributed by atoms with E-state index in [9.17, 15) is 4.79 Å². The Labute approximate surface area is 167 Å². The molecule has 0 fully saturated rings. The standard InChI is InChI=1S/C20H17ClN2O3S/c1-12-2-4-13(5-3-12)19(25)23-20(27)22-14-6-8-16(17(21)10-14)18-9-7-15(11-24)26-18/h2-10,24H,11H2,1H3,(H2,22,23,25,27). The molecule has 1 amide bonds. The molecule has 0 unspecified atom stereocenters. The van der Waals surface area contributed by atoms with Gasteiger partial charge in [-0.1, -0.05) is 29.3 Å². The zero-order chi connectivity index (χ0) is 19.4. The van der Waals surface area contributed by atoms with Gasteiger partial charge in [-0.25, -0.2) is 0 Å². The second kappa shape index (κ2) is 8.35. The first-order chi connectivity index (χ1) is 13.0. The number of thiocarbonyl (C=S) groups is 1. The summed E-state index contributed by atoms with van der Waals surface area (Å²) >= 11 is 11.5. The number of nitrogens with one attached hydrogen (secondary N) is 2. The highest BCUT2D eigenvalue weighted by Crippen LogP contribution is 2.31. The van der Waals surface area contributed by atoms with E-state index >= 15 is 0 Å². The van der Waals surface area contributed by atoms with Gasteiger partial charge in [0.25, 0.3) is 5.91 Å². The number of aliphatic hydroxyl groups excluding tert-OH is 1. The van der Waals surface area contributed by atoms with E-state index in [2.05, 4.69) is 10.6 Å². The van der Waals surface area contributed by atoms with Crippen molar-refractivity contribution in [3.05, 3.63) is 76.5 Å². The summed E-state index contributed by atoms with van der Waals surface area (Å²) in [5.41, 5.74) is 2.92. The number of furan rings is 1. The van der Waals surface area contributed by atoms with Crippen molar-refractivity contribution < 1.29 is 14.3 Å². The third-order valence-corrected chi connectivity index (χ3v) is 4.37. The van der Waals surface area contributed by atoms with Gasteiger partial charge in [0.2, 0.25) is 0 Å². The van der Waals surface area contributed by atoms with Crippen molar-refractivity contribution in [1.82, 2.24) is 5.32 Å². The van der Waals surface area contributed by atoms with Gasteiger partial charge in [-0.15, -0.1) is 0 Å². The zero-order valence-electron chi connectivity index (χ0n) is 14.5. The second-order valence-electron chi connectivity index (χ2n) is 5.89. The largest absolute Gasteiger partial charge is 0.459 e. The highest BCUT2D eigenvalue weighted by Gasteiger charge is 2.11. The van der Waals surface area contributed by atoms with Crippen LogP contribution in [-0.4, -0.2) is 16.1 Å². The molecule has 0 saturated heterocycles. The van der Waals surface area contributed by atoms with Gasteiger partial charge in [0.1, 0.15) is 18.1 Å². The summed E-state index contributed by atoms with van der Waals surface area (Å²) < 4.78 is 5.49. The topological polar surface area (TPSA) is 74.5 Å². The minimum Gasteiger partial charge on any atom is -0.459 e. The fourth-order valence-corrected chi connectivity index (χ4v) is 2.93. The summed E-state index contributed by atoms with van der Waals surface area (Å²) in [4.78, 5) is 12.2. The van der Waals surface area contributed by atoms with Crippen LogP contribution in [0.15, 0.2) is 59.0 Å². The van der Waals surface area contributed by atoms with Crippen LogP contribution in [0.2, 0.25) is 5.02 Å². The number of amides is 1. The lowest BCUT2D eigenvalue weighted by Crippen LogP contribution is -2.34. The average Bonchev–Trinajstić information content (AvgIpc) is 3.11. The maximum Gasteiger partial charge on any atom is 0.257 e. The molecule has 0 bridgehead atoms. The van der Waals surface area contributed by atoms with Gasteiger partial charge in [0, 0.05) is 16.8 Å². The van der Waals surface area contributed by atoms with E-state index in [0.29, 0.717) is 33.4 Å². The monoisotopic (exact) mass is 400 g/mol. The number of aliphatic hydroxyl groups is 1. The molecule has 0 atom stereocenters. The van der Waals surface area contributed by atoms with E-state index in [1.165, 1.54) is 0 Å². The van der Waals surface area contributed by atoms with Crippen LogP contribution in [0.4, 0.5) is 5.69 Å².